The van der Waals surface area contributed by atoms with Crippen LogP contribution < -0.4 is 5.73 Å². The molecule has 0 atom stereocenters. The van der Waals surface area contributed by atoms with Gasteiger partial charge in [-0.3, -0.25) is 10.1 Å². The van der Waals surface area contributed by atoms with E-state index in [-0.39, 0.29) is 17.2 Å². The molecule has 0 aliphatic carbocycles. The van der Waals surface area contributed by atoms with Gasteiger partial charge in [0.25, 0.3) is 0 Å². The van der Waals surface area contributed by atoms with E-state index in [1.807, 2.05) is 6.07 Å². The van der Waals surface area contributed by atoms with Crippen molar-refractivity contribution in [3.8, 4) is 11.3 Å². The Hall–Kier alpha value is -2.50. The van der Waals surface area contributed by atoms with Gasteiger partial charge in [-0.2, -0.15) is 0 Å². The lowest BCUT2D eigenvalue weighted by Crippen LogP contribution is -2.02. The lowest BCUT2D eigenvalue weighted by molar-refractivity contribution is -0.383. The number of nitrogens with zero attached hydrogens (tertiary/aromatic N) is 3. The summed E-state index contributed by atoms with van der Waals surface area (Å²) in [7, 11) is 0. The average molecular weight is 216 g/mol. The molecule has 0 aliphatic rings. The van der Waals surface area contributed by atoms with Crippen molar-refractivity contribution >= 4 is 11.5 Å². The third kappa shape index (κ3) is 1.68. The Kier molecular flexibility index (Phi) is 2.47. The van der Waals surface area contributed by atoms with Gasteiger partial charge < -0.3 is 5.73 Å². The van der Waals surface area contributed by atoms with Gasteiger partial charge in [-0.05, 0) is 0 Å². The molecule has 2 aromatic rings. The third-order valence-corrected chi connectivity index (χ3v) is 2.08. The van der Waals surface area contributed by atoms with Crippen LogP contribution in [0.2, 0.25) is 0 Å². The molecule has 0 aliphatic heterocycles. The topological polar surface area (TPSA) is 94.9 Å². The second-order valence-corrected chi connectivity index (χ2v) is 3.08. The van der Waals surface area contributed by atoms with E-state index in [0.717, 1.165) is 0 Å². The standard InChI is InChI=1S/C10H8N4O2/c11-10-9(14(15)16)8(12-6-13-10)7-4-2-1-3-5-7/h1-6H,(H2,11,12,13). The van der Waals surface area contributed by atoms with Crippen LogP contribution in [-0.2, 0) is 0 Å². The number of benzene rings is 1. The van der Waals surface area contributed by atoms with E-state index < -0.39 is 4.92 Å². The molecule has 16 heavy (non-hydrogen) atoms. The van der Waals surface area contributed by atoms with Crippen molar-refractivity contribution in [1.82, 2.24) is 9.97 Å². The van der Waals surface area contributed by atoms with Crippen LogP contribution in [0, 0.1) is 10.1 Å². The zero-order valence-corrected chi connectivity index (χ0v) is 8.20. The molecule has 1 aromatic carbocycles. The van der Waals surface area contributed by atoms with Crippen molar-refractivity contribution in [3.63, 3.8) is 0 Å². The molecular weight excluding hydrogens is 208 g/mol. The maximum absolute atomic E-state index is 10.9. The molecule has 0 saturated carbocycles. The van der Waals surface area contributed by atoms with Gasteiger partial charge in [0.1, 0.15) is 6.33 Å². The Balaban J connectivity index is 2.66. The highest BCUT2D eigenvalue weighted by atomic mass is 16.6. The average Bonchev–Trinajstić information content (AvgIpc) is 2.29. The zero-order valence-electron chi connectivity index (χ0n) is 8.20. The number of rotatable bonds is 2. The van der Waals surface area contributed by atoms with Crippen molar-refractivity contribution in [2.45, 2.75) is 0 Å². The minimum atomic E-state index is -0.572. The summed E-state index contributed by atoms with van der Waals surface area (Å²) in [4.78, 5) is 17.8. The lowest BCUT2D eigenvalue weighted by Gasteiger charge is -2.02. The van der Waals surface area contributed by atoms with Crippen molar-refractivity contribution in [3.05, 3.63) is 46.8 Å². The van der Waals surface area contributed by atoms with Gasteiger partial charge in [-0.25, -0.2) is 9.97 Å². The summed E-state index contributed by atoms with van der Waals surface area (Å²) in [6.45, 7) is 0. The quantitative estimate of drug-likeness (QED) is 0.608. The number of anilines is 1. The number of nitro groups is 1. The molecular formula is C10H8N4O2. The van der Waals surface area contributed by atoms with Gasteiger partial charge in [0.2, 0.25) is 5.82 Å². The second kappa shape index (κ2) is 3.93. The molecule has 1 heterocycles. The maximum atomic E-state index is 10.9. The maximum Gasteiger partial charge on any atom is 0.337 e. The SMILES string of the molecule is Nc1ncnc(-c2ccccc2)c1[N+](=O)[O-]. The fourth-order valence-electron chi connectivity index (χ4n) is 1.38. The number of aromatic nitrogens is 2. The first-order valence-corrected chi connectivity index (χ1v) is 4.50. The van der Waals surface area contributed by atoms with Gasteiger partial charge in [-0.15, -0.1) is 0 Å². The first-order valence-electron chi connectivity index (χ1n) is 4.50. The molecule has 80 valence electrons. The molecule has 0 saturated heterocycles. The van der Waals surface area contributed by atoms with Crippen LogP contribution in [0.4, 0.5) is 11.5 Å². The van der Waals surface area contributed by atoms with Gasteiger partial charge in [0, 0.05) is 5.56 Å². The molecule has 0 amide bonds. The van der Waals surface area contributed by atoms with Crippen LogP contribution in [0.15, 0.2) is 36.7 Å². The normalized spacial score (nSPS) is 10.0. The van der Waals surface area contributed by atoms with E-state index in [1.165, 1.54) is 6.33 Å². The highest BCUT2D eigenvalue weighted by molar-refractivity contribution is 5.75. The van der Waals surface area contributed by atoms with E-state index in [2.05, 4.69) is 9.97 Å². The van der Waals surface area contributed by atoms with E-state index in [4.69, 9.17) is 5.73 Å². The Labute approximate surface area is 90.9 Å². The molecule has 0 radical (unpaired) electrons. The van der Waals surface area contributed by atoms with Crippen LogP contribution in [0.3, 0.4) is 0 Å². The molecule has 0 bridgehead atoms. The largest absolute Gasteiger partial charge is 0.378 e. The van der Waals surface area contributed by atoms with E-state index >= 15 is 0 Å². The van der Waals surface area contributed by atoms with Crippen molar-refractivity contribution < 1.29 is 4.92 Å². The van der Waals surface area contributed by atoms with Gasteiger partial charge in [0.15, 0.2) is 5.69 Å². The fraction of sp³-hybridized carbons (Fsp3) is 0. The van der Waals surface area contributed by atoms with Gasteiger partial charge in [0.05, 0.1) is 4.92 Å². The predicted molar refractivity (Wildman–Crippen MR) is 58.5 cm³/mol. The van der Waals surface area contributed by atoms with Crippen LogP contribution in [0.5, 0.6) is 0 Å². The predicted octanol–water partition coefficient (Wildman–Crippen LogP) is 1.63. The Bertz CT molecular complexity index is 528. The highest BCUT2D eigenvalue weighted by Crippen LogP contribution is 2.30. The molecule has 1 aromatic heterocycles. The fourth-order valence-corrected chi connectivity index (χ4v) is 1.38. The molecule has 2 N–H and O–H groups in total. The van der Waals surface area contributed by atoms with Crippen LogP contribution >= 0.6 is 0 Å². The minimum Gasteiger partial charge on any atom is -0.378 e. The van der Waals surface area contributed by atoms with E-state index in [9.17, 15) is 10.1 Å². The van der Waals surface area contributed by atoms with Crippen LogP contribution in [0.25, 0.3) is 11.3 Å². The summed E-state index contributed by atoms with van der Waals surface area (Å²) in [6.07, 6.45) is 1.21. The summed E-state index contributed by atoms with van der Waals surface area (Å²) in [5, 5.41) is 10.9. The number of hydrogen-bond donors (Lipinski definition) is 1. The van der Waals surface area contributed by atoms with Crippen LogP contribution in [-0.4, -0.2) is 14.9 Å². The molecule has 6 heteroatoms. The second-order valence-electron chi connectivity index (χ2n) is 3.08. The van der Waals surface area contributed by atoms with Crippen molar-refractivity contribution in [2.24, 2.45) is 0 Å². The number of hydrogen-bond acceptors (Lipinski definition) is 5. The molecule has 0 unspecified atom stereocenters. The Morgan fingerprint density at radius 2 is 1.88 bits per heavy atom. The molecule has 0 spiro atoms. The summed E-state index contributed by atoms with van der Waals surface area (Å²) >= 11 is 0. The lowest BCUT2D eigenvalue weighted by atomic mass is 10.1. The number of nitrogen functional groups attached to an aromatic ring is 1. The minimum absolute atomic E-state index is 0.126. The summed E-state index contributed by atoms with van der Waals surface area (Å²) in [5.74, 6) is -0.126. The first-order chi connectivity index (χ1) is 7.70. The Morgan fingerprint density at radius 1 is 1.19 bits per heavy atom. The molecule has 6 nitrogen and oxygen atoms in total. The van der Waals surface area contributed by atoms with Crippen LogP contribution in [0.1, 0.15) is 0 Å². The smallest absolute Gasteiger partial charge is 0.337 e. The first kappa shape index (κ1) is 10.0. The highest BCUT2D eigenvalue weighted by Gasteiger charge is 2.21. The third-order valence-electron chi connectivity index (χ3n) is 2.08. The van der Waals surface area contributed by atoms with Crippen molar-refractivity contribution in [1.29, 1.82) is 0 Å². The monoisotopic (exact) mass is 216 g/mol. The number of nitrogens with two attached hydrogens (primary N) is 1. The summed E-state index contributed by atoms with van der Waals surface area (Å²) in [5.41, 5.74) is 6.09. The zero-order chi connectivity index (χ0) is 11.5. The molecule has 2 rings (SSSR count). The van der Waals surface area contributed by atoms with Gasteiger partial charge in [-0.1, -0.05) is 30.3 Å². The van der Waals surface area contributed by atoms with Gasteiger partial charge >= 0.3 is 5.69 Å². The van der Waals surface area contributed by atoms with E-state index in [0.29, 0.717) is 5.56 Å². The van der Waals surface area contributed by atoms with Crippen molar-refractivity contribution in [2.75, 3.05) is 5.73 Å². The summed E-state index contributed by atoms with van der Waals surface area (Å²) < 4.78 is 0. The Morgan fingerprint density at radius 3 is 2.50 bits per heavy atom. The molecule has 0 fully saturated rings. The van der Waals surface area contributed by atoms with E-state index in [1.54, 1.807) is 24.3 Å². The summed E-state index contributed by atoms with van der Waals surface area (Å²) in [6, 6.07) is 8.83.